The fraction of sp³-hybridized carbons (Fsp3) is 0.296. The number of ether oxygens (including phenoxy) is 1. The molecule has 1 N–H and O–H groups in total. The van der Waals surface area contributed by atoms with Crippen molar-refractivity contribution in [2.75, 3.05) is 33.2 Å². The normalized spacial score (nSPS) is 14.8. The van der Waals surface area contributed by atoms with Crippen LogP contribution in [0.15, 0.2) is 78.9 Å². The molecule has 4 rings (SSSR count). The Balaban J connectivity index is 1.30. The van der Waals surface area contributed by atoms with E-state index in [1.807, 2.05) is 54.6 Å². The van der Waals surface area contributed by atoms with Crippen LogP contribution in [0.25, 0.3) is 0 Å². The molecule has 0 aliphatic carbocycles. The third-order valence-electron chi connectivity index (χ3n) is 5.88. The molecule has 1 heterocycles. The maximum absolute atomic E-state index is 12.8. The van der Waals surface area contributed by atoms with Crippen molar-refractivity contribution in [1.82, 2.24) is 15.1 Å². The van der Waals surface area contributed by atoms with Crippen LogP contribution in [0.5, 0.6) is 5.75 Å². The number of rotatable bonds is 8. The molecule has 1 saturated heterocycles. The van der Waals surface area contributed by atoms with Gasteiger partial charge in [-0.15, -0.1) is 0 Å². The summed E-state index contributed by atoms with van der Waals surface area (Å²) >= 11 is 0. The van der Waals surface area contributed by atoms with Gasteiger partial charge in [0.2, 0.25) is 0 Å². The molecule has 3 aromatic carbocycles. The average Bonchev–Trinajstić information content (AvgIpc) is 2.84. The quantitative estimate of drug-likeness (QED) is 0.589. The highest BCUT2D eigenvalue weighted by Gasteiger charge is 2.14. The molecule has 3 aromatic rings. The van der Waals surface area contributed by atoms with Gasteiger partial charge in [0, 0.05) is 50.4 Å². The molecule has 0 atom stereocenters. The van der Waals surface area contributed by atoms with E-state index in [0.29, 0.717) is 18.7 Å². The van der Waals surface area contributed by atoms with E-state index in [0.717, 1.165) is 49.6 Å². The van der Waals surface area contributed by atoms with E-state index in [-0.39, 0.29) is 5.91 Å². The standard InChI is InChI=1S/C27H31N3O2/c1-29-15-17-30(18-16-29)20-23-13-11-22(12-14-23)19-28-27(31)26-10-6-5-7-24(26)21-32-25-8-3-2-4-9-25/h2-14H,15-21H2,1H3,(H,28,31). The number of carbonyl (C=O) groups excluding carboxylic acids is 1. The Morgan fingerprint density at radius 3 is 2.25 bits per heavy atom. The SMILES string of the molecule is CN1CCN(Cc2ccc(CNC(=O)c3ccccc3COc3ccccc3)cc2)CC1. The third-order valence-corrected chi connectivity index (χ3v) is 5.88. The van der Waals surface area contributed by atoms with E-state index < -0.39 is 0 Å². The molecule has 1 amide bonds. The summed E-state index contributed by atoms with van der Waals surface area (Å²) in [7, 11) is 2.18. The molecule has 0 radical (unpaired) electrons. The molecule has 5 heteroatoms. The molecule has 0 bridgehead atoms. The van der Waals surface area contributed by atoms with Crippen molar-refractivity contribution in [3.8, 4) is 5.75 Å². The Morgan fingerprint density at radius 1 is 0.844 bits per heavy atom. The zero-order valence-corrected chi connectivity index (χ0v) is 18.7. The number of carbonyl (C=O) groups is 1. The van der Waals surface area contributed by atoms with Crippen LogP contribution in [0.1, 0.15) is 27.0 Å². The van der Waals surface area contributed by atoms with Crippen LogP contribution < -0.4 is 10.1 Å². The second-order valence-electron chi connectivity index (χ2n) is 8.34. The molecule has 5 nitrogen and oxygen atoms in total. The summed E-state index contributed by atoms with van der Waals surface area (Å²) in [6.07, 6.45) is 0. The topological polar surface area (TPSA) is 44.8 Å². The maximum Gasteiger partial charge on any atom is 0.251 e. The van der Waals surface area contributed by atoms with E-state index in [2.05, 4.69) is 46.4 Å². The molecule has 1 aliphatic heterocycles. The zero-order chi connectivity index (χ0) is 22.2. The van der Waals surface area contributed by atoms with Gasteiger partial charge in [0.05, 0.1) is 0 Å². The Bertz CT molecular complexity index is 997. The molecule has 0 unspecified atom stereocenters. The monoisotopic (exact) mass is 429 g/mol. The minimum Gasteiger partial charge on any atom is -0.489 e. The highest BCUT2D eigenvalue weighted by atomic mass is 16.5. The van der Waals surface area contributed by atoms with Gasteiger partial charge in [-0.05, 0) is 36.4 Å². The van der Waals surface area contributed by atoms with E-state index in [1.165, 1.54) is 5.56 Å². The third kappa shape index (κ3) is 6.19. The first kappa shape index (κ1) is 22.1. The van der Waals surface area contributed by atoms with Crippen molar-refractivity contribution < 1.29 is 9.53 Å². The van der Waals surface area contributed by atoms with E-state index in [4.69, 9.17) is 4.74 Å². The summed E-state index contributed by atoms with van der Waals surface area (Å²) in [5, 5.41) is 3.05. The van der Waals surface area contributed by atoms with E-state index in [1.54, 1.807) is 0 Å². The molecular weight excluding hydrogens is 398 g/mol. The number of nitrogens with zero attached hydrogens (tertiary/aromatic N) is 2. The van der Waals surface area contributed by atoms with Gasteiger partial charge in [-0.1, -0.05) is 60.7 Å². The fourth-order valence-corrected chi connectivity index (χ4v) is 3.85. The first-order chi connectivity index (χ1) is 15.7. The summed E-state index contributed by atoms with van der Waals surface area (Å²) in [4.78, 5) is 17.7. The van der Waals surface area contributed by atoms with Crippen molar-refractivity contribution >= 4 is 5.91 Å². The van der Waals surface area contributed by atoms with Crippen molar-refractivity contribution in [2.45, 2.75) is 19.7 Å². The summed E-state index contributed by atoms with van der Waals surface area (Å²) in [6.45, 7) is 6.32. The van der Waals surface area contributed by atoms with Crippen LogP contribution in [0.2, 0.25) is 0 Å². The van der Waals surface area contributed by atoms with Crippen LogP contribution in [-0.2, 0) is 19.7 Å². The van der Waals surface area contributed by atoms with Crippen LogP contribution in [0.4, 0.5) is 0 Å². The number of hydrogen-bond donors (Lipinski definition) is 1. The Morgan fingerprint density at radius 2 is 1.50 bits per heavy atom. The molecule has 0 spiro atoms. The number of piperazine rings is 1. The number of likely N-dealkylation sites (N-methyl/N-ethyl adjacent to an activating group) is 1. The number of para-hydroxylation sites is 1. The molecule has 1 fully saturated rings. The summed E-state index contributed by atoms with van der Waals surface area (Å²) in [5.41, 5.74) is 3.93. The minimum atomic E-state index is -0.0845. The van der Waals surface area contributed by atoms with Crippen LogP contribution in [0, 0.1) is 0 Å². The first-order valence-electron chi connectivity index (χ1n) is 11.2. The maximum atomic E-state index is 12.8. The van der Waals surface area contributed by atoms with E-state index >= 15 is 0 Å². The van der Waals surface area contributed by atoms with Crippen LogP contribution in [0.3, 0.4) is 0 Å². The van der Waals surface area contributed by atoms with Gasteiger partial charge in [0.15, 0.2) is 0 Å². The minimum absolute atomic E-state index is 0.0845. The average molecular weight is 430 g/mol. The second kappa shape index (κ2) is 10.9. The lowest BCUT2D eigenvalue weighted by Crippen LogP contribution is -2.43. The van der Waals surface area contributed by atoms with Gasteiger partial charge in [-0.3, -0.25) is 9.69 Å². The lowest BCUT2D eigenvalue weighted by atomic mass is 10.1. The van der Waals surface area contributed by atoms with Gasteiger partial charge >= 0.3 is 0 Å². The summed E-state index contributed by atoms with van der Waals surface area (Å²) in [6, 6.07) is 25.8. The Hall–Kier alpha value is -3.15. The highest BCUT2D eigenvalue weighted by Crippen LogP contribution is 2.15. The predicted octanol–water partition coefficient (Wildman–Crippen LogP) is 3.94. The van der Waals surface area contributed by atoms with Crippen molar-refractivity contribution in [1.29, 1.82) is 0 Å². The molecular formula is C27H31N3O2. The van der Waals surface area contributed by atoms with Gasteiger partial charge < -0.3 is 15.0 Å². The van der Waals surface area contributed by atoms with E-state index in [9.17, 15) is 4.79 Å². The number of amides is 1. The molecule has 0 saturated carbocycles. The number of benzene rings is 3. The van der Waals surface area contributed by atoms with Gasteiger partial charge in [0.25, 0.3) is 5.91 Å². The molecule has 32 heavy (non-hydrogen) atoms. The molecule has 0 aromatic heterocycles. The van der Waals surface area contributed by atoms with Crippen molar-refractivity contribution in [3.05, 3.63) is 101 Å². The first-order valence-corrected chi connectivity index (χ1v) is 11.2. The number of hydrogen-bond acceptors (Lipinski definition) is 4. The Labute approximate surface area is 190 Å². The van der Waals surface area contributed by atoms with Gasteiger partial charge in [0.1, 0.15) is 12.4 Å². The lowest BCUT2D eigenvalue weighted by molar-refractivity contribution is 0.0948. The second-order valence-corrected chi connectivity index (χ2v) is 8.34. The molecule has 1 aliphatic rings. The number of nitrogens with one attached hydrogen (secondary N) is 1. The smallest absolute Gasteiger partial charge is 0.251 e. The van der Waals surface area contributed by atoms with Crippen molar-refractivity contribution in [3.63, 3.8) is 0 Å². The summed E-state index contributed by atoms with van der Waals surface area (Å²) in [5.74, 6) is 0.707. The Kier molecular flexibility index (Phi) is 7.54. The van der Waals surface area contributed by atoms with Crippen molar-refractivity contribution in [2.24, 2.45) is 0 Å². The zero-order valence-electron chi connectivity index (χ0n) is 18.7. The largest absolute Gasteiger partial charge is 0.489 e. The van der Waals surface area contributed by atoms with Crippen LogP contribution >= 0.6 is 0 Å². The van der Waals surface area contributed by atoms with Gasteiger partial charge in [-0.2, -0.15) is 0 Å². The summed E-state index contributed by atoms with van der Waals surface area (Å²) < 4.78 is 5.84. The highest BCUT2D eigenvalue weighted by molar-refractivity contribution is 5.95. The van der Waals surface area contributed by atoms with Gasteiger partial charge in [-0.25, -0.2) is 0 Å². The van der Waals surface area contributed by atoms with Crippen LogP contribution in [-0.4, -0.2) is 48.9 Å². The lowest BCUT2D eigenvalue weighted by Gasteiger charge is -2.32. The molecule has 166 valence electrons. The fourth-order valence-electron chi connectivity index (χ4n) is 3.85. The predicted molar refractivity (Wildman–Crippen MR) is 128 cm³/mol.